The van der Waals surface area contributed by atoms with Crippen molar-refractivity contribution < 1.29 is 4.79 Å². The van der Waals surface area contributed by atoms with Gasteiger partial charge < -0.3 is 4.90 Å². The van der Waals surface area contributed by atoms with Crippen molar-refractivity contribution in [3.8, 4) is 0 Å². The van der Waals surface area contributed by atoms with Crippen molar-refractivity contribution in [1.82, 2.24) is 0 Å². The van der Waals surface area contributed by atoms with Gasteiger partial charge in [-0.1, -0.05) is 29.8 Å². The Kier molecular flexibility index (Phi) is 2.80. The maximum Gasteiger partial charge on any atom is 0.150 e. The largest absolute Gasteiger partial charge is 0.340 e. The van der Waals surface area contributed by atoms with E-state index in [2.05, 4.69) is 23.1 Å². The fourth-order valence-corrected chi connectivity index (χ4v) is 2.69. The molecule has 2 aromatic rings. The highest BCUT2D eigenvalue weighted by molar-refractivity contribution is 6.33. The minimum absolute atomic E-state index is 0.608. The summed E-state index contributed by atoms with van der Waals surface area (Å²) < 4.78 is 0. The van der Waals surface area contributed by atoms with Crippen LogP contribution in [-0.2, 0) is 6.42 Å². The van der Waals surface area contributed by atoms with Gasteiger partial charge in [-0.05, 0) is 36.2 Å². The molecular weight excluding hydrogens is 246 g/mol. The first kappa shape index (κ1) is 11.3. The van der Waals surface area contributed by atoms with Crippen LogP contribution < -0.4 is 4.90 Å². The summed E-state index contributed by atoms with van der Waals surface area (Å²) in [6, 6.07) is 13.8. The lowest BCUT2D eigenvalue weighted by molar-refractivity contribution is 0.112. The van der Waals surface area contributed by atoms with Gasteiger partial charge in [0.15, 0.2) is 0 Å². The van der Waals surface area contributed by atoms with E-state index in [1.54, 1.807) is 12.1 Å². The third-order valence-electron chi connectivity index (χ3n) is 3.29. The van der Waals surface area contributed by atoms with Crippen molar-refractivity contribution >= 4 is 29.3 Å². The normalized spacial score (nSPS) is 13.5. The Balaban J connectivity index is 2.05. The summed E-state index contributed by atoms with van der Waals surface area (Å²) in [6.45, 7) is 0.930. The van der Waals surface area contributed by atoms with Crippen molar-refractivity contribution in [3.05, 3.63) is 58.6 Å². The molecule has 3 rings (SSSR count). The average molecular weight is 258 g/mol. The minimum atomic E-state index is 0.608. The van der Waals surface area contributed by atoms with Crippen LogP contribution in [-0.4, -0.2) is 12.8 Å². The molecule has 0 fully saturated rings. The molecule has 0 aromatic heterocycles. The van der Waals surface area contributed by atoms with Crippen LogP contribution in [0.3, 0.4) is 0 Å². The zero-order chi connectivity index (χ0) is 12.5. The lowest BCUT2D eigenvalue weighted by Crippen LogP contribution is -2.13. The van der Waals surface area contributed by atoms with Gasteiger partial charge in [0.05, 0.1) is 10.7 Å². The van der Waals surface area contributed by atoms with Gasteiger partial charge in [0.1, 0.15) is 6.29 Å². The standard InChI is InChI=1S/C15H12ClNO/c16-13-9-11(10-18)5-6-15(13)17-8-7-12-3-1-2-4-14(12)17/h1-6,9-10H,7-8H2. The molecule has 0 atom stereocenters. The second-order valence-electron chi connectivity index (χ2n) is 4.36. The number of carbonyl (C=O) groups is 1. The summed E-state index contributed by atoms with van der Waals surface area (Å²) in [7, 11) is 0. The molecule has 0 bridgehead atoms. The predicted molar refractivity (Wildman–Crippen MR) is 74.0 cm³/mol. The second kappa shape index (κ2) is 4.46. The fourth-order valence-electron chi connectivity index (χ4n) is 2.40. The molecule has 2 nitrogen and oxygen atoms in total. The highest BCUT2D eigenvalue weighted by Gasteiger charge is 2.21. The third-order valence-corrected chi connectivity index (χ3v) is 3.59. The third kappa shape index (κ3) is 1.79. The Bertz CT molecular complexity index is 609. The number of anilines is 2. The highest BCUT2D eigenvalue weighted by atomic mass is 35.5. The molecule has 0 N–H and O–H groups in total. The van der Waals surface area contributed by atoms with E-state index in [4.69, 9.17) is 11.6 Å². The molecule has 3 heteroatoms. The number of fused-ring (bicyclic) bond motifs is 1. The van der Waals surface area contributed by atoms with Crippen molar-refractivity contribution in [2.75, 3.05) is 11.4 Å². The SMILES string of the molecule is O=Cc1ccc(N2CCc3ccccc32)c(Cl)c1. The van der Waals surface area contributed by atoms with E-state index in [1.807, 2.05) is 12.1 Å². The van der Waals surface area contributed by atoms with E-state index in [-0.39, 0.29) is 0 Å². The van der Waals surface area contributed by atoms with E-state index < -0.39 is 0 Å². The zero-order valence-electron chi connectivity index (χ0n) is 9.77. The van der Waals surface area contributed by atoms with Crippen LogP contribution in [0, 0.1) is 0 Å². The molecule has 90 valence electrons. The monoisotopic (exact) mass is 257 g/mol. The van der Waals surface area contributed by atoms with Gasteiger partial charge in [-0.2, -0.15) is 0 Å². The van der Waals surface area contributed by atoms with E-state index in [0.717, 1.165) is 24.9 Å². The molecule has 0 radical (unpaired) electrons. The fraction of sp³-hybridized carbons (Fsp3) is 0.133. The van der Waals surface area contributed by atoms with Gasteiger partial charge in [0.25, 0.3) is 0 Å². The smallest absolute Gasteiger partial charge is 0.150 e. The Labute approximate surface area is 111 Å². The maximum absolute atomic E-state index is 10.7. The Hall–Kier alpha value is -1.80. The summed E-state index contributed by atoms with van der Waals surface area (Å²) in [5.74, 6) is 0. The molecule has 0 saturated heterocycles. The number of hydrogen-bond acceptors (Lipinski definition) is 2. The number of halogens is 1. The summed E-state index contributed by atoms with van der Waals surface area (Å²) in [5.41, 5.74) is 4.12. The molecule has 0 spiro atoms. The molecule has 0 amide bonds. The highest BCUT2D eigenvalue weighted by Crippen LogP contribution is 2.38. The maximum atomic E-state index is 10.7. The molecule has 1 heterocycles. The van der Waals surface area contributed by atoms with Crippen LogP contribution in [0.1, 0.15) is 15.9 Å². The average Bonchev–Trinajstić information content (AvgIpc) is 2.82. The Morgan fingerprint density at radius 3 is 2.72 bits per heavy atom. The number of hydrogen-bond donors (Lipinski definition) is 0. The predicted octanol–water partition coefficient (Wildman–Crippen LogP) is 3.85. The van der Waals surface area contributed by atoms with Crippen molar-refractivity contribution in [2.45, 2.75) is 6.42 Å². The van der Waals surface area contributed by atoms with Crippen LogP contribution in [0.5, 0.6) is 0 Å². The van der Waals surface area contributed by atoms with Crippen molar-refractivity contribution in [1.29, 1.82) is 0 Å². The number of benzene rings is 2. The zero-order valence-corrected chi connectivity index (χ0v) is 10.5. The Morgan fingerprint density at radius 2 is 1.94 bits per heavy atom. The summed E-state index contributed by atoms with van der Waals surface area (Å²) in [5, 5.41) is 0.622. The number of carbonyl (C=O) groups excluding carboxylic acids is 1. The first-order valence-electron chi connectivity index (χ1n) is 5.90. The van der Waals surface area contributed by atoms with Crippen LogP contribution in [0.4, 0.5) is 11.4 Å². The molecule has 0 saturated carbocycles. The second-order valence-corrected chi connectivity index (χ2v) is 4.77. The number of nitrogens with zero attached hydrogens (tertiary/aromatic N) is 1. The molecule has 0 aliphatic carbocycles. The summed E-state index contributed by atoms with van der Waals surface area (Å²) in [6.07, 6.45) is 1.84. The van der Waals surface area contributed by atoms with Gasteiger partial charge in [0, 0.05) is 17.8 Å². The van der Waals surface area contributed by atoms with E-state index in [0.29, 0.717) is 10.6 Å². The molecule has 0 unspecified atom stereocenters. The number of para-hydroxylation sites is 1. The molecule has 1 aliphatic rings. The first-order chi connectivity index (χ1) is 8.79. The van der Waals surface area contributed by atoms with Gasteiger partial charge in [-0.3, -0.25) is 4.79 Å². The van der Waals surface area contributed by atoms with Gasteiger partial charge in [-0.25, -0.2) is 0 Å². The minimum Gasteiger partial charge on any atom is -0.340 e. The van der Waals surface area contributed by atoms with Crippen molar-refractivity contribution in [2.24, 2.45) is 0 Å². The van der Waals surface area contributed by atoms with Crippen LogP contribution >= 0.6 is 11.6 Å². The summed E-state index contributed by atoms with van der Waals surface area (Å²) in [4.78, 5) is 12.9. The molecule has 1 aliphatic heterocycles. The van der Waals surface area contributed by atoms with Gasteiger partial charge in [-0.15, -0.1) is 0 Å². The van der Waals surface area contributed by atoms with E-state index >= 15 is 0 Å². The Morgan fingerprint density at radius 1 is 1.11 bits per heavy atom. The van der Waals surface area contributed by atoms with Crippen LogP contribution in [0.25, 0.3) is 0 Å². The quantitative estimate of drug-likeness (QED) is 0.762. The van der Waals surface area contributed by atoms with Crippen LogP contribution in [0.2, 0.25) is 5.02 Å². The molecule has 2 aromatic carbocycles. The van der Waals surface area contributed by atoms with Gasteiger partial charge >= 0.3 is 0 Å². The van der Waals surface area contributed by atoms with E-state index in [9.17, 15) is 4.79 Å². The number of rotatable bonds is 2. The van der Waals surface area contributed by atoms with E-state index in [1.165, 1.54) is 11.3 Å². The number of aldehydes is 1. The summed E-state index contributed by atoms with van der Waals surface area (Å²) >= 11 is 6.25. The van der Waals surface area contributed by atoms with Gasteiger partial charge in [0.2, 0.25) is 0 Å². The first-order valence-corrected chi connectivity index (χ1v) is 6.27. The molecule has 18 heavy (non-hydrogen) atoms. The topological polar surface area (TPSA) is 20.3 Å². The van der Waals surface area contributed by atoms with Crippen LogP contribution in [0.15, 0.2) is 42.5 Å². The molecular formula is C15H12ClNO. The van der Waals surface area contributed by atoms with Crippen molar-refractivity contribution in [3.63, 3.8) is 0 Å². The lowest BCUT2D eigenvalue weighted by atomic mass is 10.1. The lowest BCUT2D eigenvalue weighted by Gasteiger charge is -2.21.